The maximum absolute atomic E-state index is 13.0. The van der Waals surface area contributed by atoms with E-state index in [2.05, 4.69) is 22.9 Å². The molecule has 1 aromatic rings. The fourth-order valence-electron chi connectivity index (χ4n) is 1.83. The van der Waals surface area contributed by atoms with Gasteiger partial charge in [0.15, 0.2) is 0 Å². The van der Waals surface area contributed by atoms with Crippen LogP contribution in [-0.4, -0.2) is 6.61 Å². The van der Waals surface area contributed by atoms with Gasteiger partial charge in [0.05, 0.1) is 11.1 Å². The van der Waals surface area contributed by atoms with Crippen molar-refractivity contribution >= 4 is 15.9 Å². The molecule has 0 aliphatic rings. The van der Waals surface area contributed by atoms with Crippen LogP contribution in [0.5, 0.6) is 5.75 Å². The summed E-state index contributed by atoms with van der Waals surface area (Å²) in [4.78, 5) is 0. The smallest absolute Gasteiger partial charge is 0.136 e. The first kappa shape index (κ1) is 15.5. The number of hydrogen-bond acceptors (Lipinski definition) is 1. The monoisotopic (exact) mass is 316 g/mol. The van der Waals surface area contributed by atoms with Gasteiger partial charge in [0, 0.05) is 6.07 Å². The topological polar surface area (TPSA) is 9.23 Å². The molecule has 0 atom stereocenters. The second-order valence-corrected chi connectivity index (χ2v) is 5.40. The van der Waals surface area contributed by atoms with E-state index in [4.69, 9.17) is 4.74 Å². The van der Waals surface area contributed by atoms with Crippen molar-refractivity contribution in [3.8, 4) is 5.75 Å². The quantitative estimate of drug-likeness (QED) is 0.529. The molecule has 0 fully saturated rings. The van der Waals surface area contributed by atoms with Gasteiger partial charge in [-0.3, -0.25) is 0 Å². The minimum absolute atomic E-state index is 0.257. The van der Waals surface area contributed by atoms with Crippen LogP contribution in [0, 0.1) is 5.82 Å². The summed E-state index contributed by atoms with van der Waals surface area (Å²) in [5, 5.41) is 0. The van der Waals surface area contributed by atoms with Gasteiger partial charge in [-0.25, -0.2) is 4.39 Å². The van der Waals surface area contributed by atoms with Crippen LogP contribution in [0.2, 0.25) is 0 Å². The fourth-order valence-corrected chi connectivity index (χ4v) is 2.19. The van der Waals surface area contributed by atoms with E-state index in [9.17, 15) is 4.39 Å². The summed E-state index contributed by atoms with van der Waals surface area (Å²) in [5.41, 5.74) is 0. The lowest BCUT2D eigenvalue weighted by Crippen LogP contribution is -1.98. The number of rotatable bonds is 9. The Bertz CT molecular complexity index is 341. The summed E-state index contributed by atoms with van der Waals surface area (Å²) in [6, 6.07) is 4.52. The van der Waals surface area contributed by atoms with E-state index in [-0.39, 0.29) is 5.82 Å². The molecule has 0 aliphatic heterocycles. The van der Waals surface area contributed by atoms with E-state index in [1.807, 2.05) is 0 Å². The van der Waals surface area contributed by atoms with Crippen LogP contribution >= 0.6 is 15.9 Å². The summed E-state index contributed by atoms with van der Waals surface area (Å²) in [6.45, 7) is 2.89. The molecule has 0 N–H and O–H groups in total. The molecule has 0 saturated carbocycles. The molecule has 1 aromatic carbocycles. The average molecular weight is 317 g/mol. The van der Waals surface area contributed by atoms with Crippen molar-refractivity contribution in [3.05, 3.63) is 28.5 Å². The molecule has 0 amide bonds. The first-order chi connectivity index (χ1) is 8.74. The zero-order valence-corrected chi connectivity index (χ0v) is 12.6. The van der Waals surface area contributed by atoms with Gasteiger partial charge in [0.1, 0.15) is 11.6 Å². The maximum Gasteiger partial charge on any atom is 0.136 e. The zero-order chi connectivity index (χ0) is 13.2. The van der Waals surface area contributed by atoms with Crippen molar-refractivity contribution in [3.63, 3.8) is 0 Å². The van der Waals surface area contributed by atoms with Gasteiger partial charge in [-0.05, 0) is 34.5 Å². The Kier molecular flexibility index (Phi) is 8.06. The standard InChI is InChI=1S/C15H22BrFO/c1-2-3-4-5-6-7-8-11-18-15-12-13(17)9-10-14(15)16/h9-10,12H,2-8,11H2,1H3. The van der Waals surface area contributed by atoms with E-state index in [1.54, 1.807) is 6.07 Å². The first-order valence-electron chi connectivity index (χ1n) is 6.82. The highest BCUT2D eigenvalue weighted by molar-refractivity contribution is 9.10. The molecule has 0 saturated heterocycles. The van der Waals surface area contributed by atoms with Crippen LogP contribution in [0.25, 0.3) is 0 Å². The van der Waals surface area contributed by atoms with Crippen molar-refractivity contribution in [2.45, 2.75) is 51.9 Å². The number of halogens is 2. The summed E-state index contributed by atoms with van der Waals surface area (Å²) < 4.78 is 19.4. The molecule has 0 bridgehead atoms. The van der Waals surface area contributed by atoms with Crippen LogP contribution in [0.4, 0.5) is 4.39 Å². The lowest BCUT2D eigenvalue weighted by Gasteiger charge is -2.08. The van der Waals surface area contributed by atoms with E-state index in [0.29, 0.717) is 12.4 Å². The van der Waals surface area contributed by atoms with Crippen molar-refractivity contribution in [1.29, 1.82) is 0 Å². The van der Waals surface area contributed by atoms with Gasteiger partial charge in [-0.1, -0.05) is 45.4 Å². The van der Waals surface area contributed by atoms with Crippen LogP contribution < -0.4 is 4.74 Å². The first-order valence-corrected chi connectivity index (χ1v) is 7.61. The van der Waals surface area contributed by atoms with Crippen molar-refractivity contribution < 1.29 is 9.13 Å². The molecule has 18 heavy (non-hydrogen) atoms. The summed E-state index contributed by atoms with van der Waals surface area (Å²) in [6.07, 6.45) is 8.78. The highest BCUT2D eigenvalue weighted by Gasteiger charge is 2.02. The molecule has 0 radical (unpaired) electrons. The minimum Gasteiger partial charge on any atom is -0.492 e. The highest BCUT2D eigenvalue weighted by Crippen LogP contribution is 2.25. The van der Waals surface area contributed by atoms with Gasteiger partial charge >= 0.3 is 0 Å². The predicted octanol–water partition coefficient (Wildman–Crippen LogP) is 5.72. The zero-order valence-electron chi connectivity index (χ0n) is 11.1. The number of benzene rings is 1. The predicted molar refractivity (Wildman–Crippen MR) is 77.6 cm³/mol. The van der Waals surface area contributed by atoms with Gasteiger partial charge in [0.25, 0.3) is 0 Å². The van der Waals surface area contributed by atoms with Gasteiger partial charge < -0.3 is 4.74 Å². The molecule has 0 aromatic heterocycles. The van der Waals surface area contributed by atoms with E-state index in [0.717, 1.165) is 10.9 Å². The number of hydrogen-bond donors (Lipinski definition) is 0. The van der Waals surface area contributed by atoms with Crippen LogP contribution in [0.3, 0.4) is 0 Å². The number of ether oxygens (including phenoxy) is 1. The summed E-state index contributed by atoms with van der Waals surface area (Å²) in [5.74, 6) is 0.341. The fraction of sp³-hybridized carbons (Fsp3) is 0.600. The van der Waals surface area contributed by atoms with Crippen LogP contribution in [-0.2, 0) is 0 Å². The summed E-state index contributed by atoms with van der Waals surface area (Å²) >= 11 is 3.35. The molecule has 0 heterocycles. The van der Waals surface area contributed by atoms with Crippen LogP contribution in [0.1, 0.15) is 51.9 Å². The van der Waals surface area contributed by atoms with E-state index < -0.39 is 0 Å². The third-order valence-corrected chi connectivity index (χ3v) is 3.55. The second kappa shape index (κ2) is 9.37. The molecule has 0 aliphatic carbocycles. The minimum atomic E-state index is -0.257. The molecule has 0 spiro atoms. The second-order valence-electron chi connectivity index (χ2n) is 4.54. The Balaban J connectivity index is 2.09. The Morgan fingerprint density at radius 1 is 1.06 bits per heavy atom. The normalized spacial score (nSPS) is 10.6. The van der Waals surface area contributed by atoms with Crippen molar-refractivity contribution in [2.75, 3.05) is 6.61 Å². The Labute approximate surface area is 118 Å². The SMILES string of the molecule is CCCCCCCCCOc1cc(F)ccc1Br. The van der Waals surface area contributed by atoms with Gasteiger partial charge in [-0.2, -0.15) is 0 Å². The number of unbranched alkanes of at least 4 members (excludes halogenated alkanes) is 6. The van der Waals surface area contributed by atoms with Crippen molar-refractivity contribution in [2.24, 2.45) is 0 Å². The van der Waals surface area contributed by atoms with E-state index >= 15 is 0 Å². The Hall–Kier alpha value is -0.570. The Morgan fingerprint density at radius 2 is 1.72 bits per heavy atom. The third-order valence-electron chi connectivity index (χ3n) is 2.90. The molecular formula is C15H22BrFO. The molecule has 0 unspecified atom stereocenters. The lowest BCUT2D eigenvalue weighted by atomic mass is 10.1. The van der Waals surface area contributed by atoms with Gasteiger partial charge in [-0.15, -0.1) is 0 Å². The Morgan fingerprint density at radius 3 is 2.44 bits per heavy atom. The molecular weight excluding hydrogens is 295 g/mol. The van der Waals surface area contributed by atoms with Gasteiger partial charge in [0.2, 0.25) is 0 Å². The highest BCUT2D eigenvalue weighted by atomic mass is 79.9. The van der Waals surface area contributed by atoms with E-state index in [1.165, 1.54) is 50.7 Å². The third kappa shape index (κ3) is 6.39. The lowest BCUT2D eigenvalue weighted by molar-refractivity contribution is 0.301. The molecule has 1 nitrogen and oxygen atoms in total. The average Bonchev–Trinajstić information content (AvgIpc) is 2.36. The molecule has 3 heteroatoms. The molecule has 102 valence electrons. The van der Waals surface area contributed by atoms with Crippen LogP contribution in [0.15, 0.2) is 22.7 Å². The maximum atomic E-state index is 13.0. The largest absolute Gasteiger partial charge is 0.492 e. The summed E-state index contributed by atoms with van der Waals surface area (Å²) in [7, 11) is 0. The van der Waals surface area contributed by atoms with Crippen molar-refractivity contribution in [1.82, 2.24) is 0 Å². The molecule has 1 rings (SSSR count).